The monoisotopic (exact) mass is 390 g/mol. The Balaban J connectivity index is 2.28. The Bertz CT molecular complexity index is 729. The van der Waals surface area contributed by atoms with Gasteiger partial charge in [0.25, 0.3) is 10.0 Å². The minimum Gasteiger partial charge on any atom is -0.494 e. The maximum atomic E-state index is 12.4. The van der Waals surface area contributed by atoms with Crippen LogP contribution in [-0.2, 0) is 16.6 Å². The second-order valence-corrected chi connectivity index (χ2v) is 8.23. The molecule has 0 aliphatic heterocycles. The van der Waals surface area contributed by atoms with Gasteiger partial charge in [-0.1, -0.05) is 6.07 Å². The van der Waals surface area contributed by atoms with Crippen LogP contribution in [0.1, 0.15) is 11.8 Å². The number of benzene rings is 1. The first-order valence-electron chi connectivity index (χ1n) is 6.20. The van der Waals surface area contributed by atoms with Gasteiger partial charge in [-0.2, -0.15) is 0 Å². The van der Waals surface area contributed by atoms with Gasteiger partial charge in [-0.05, 0) is 41.1 Å². The molecule has 5 nitrogen and oxygen atoms in total. The van der Waals surface area contributed by atoms with E-state index in [0.29, 0.717) is 28.4 Å². The maximum absolute atomic E-state index is 12.4. The van der Waals surface area contributed by atoms with Gasteiger partial charge in [0, 0.05) is 17.5 Å². The highest BCUT2D eigenvalue weighted by Crippen LogP contribution is 2.32. The second-order valence-electron chi connectivity index (χ2n) is 4.12. The number of hydrogen-bond donors (Lipinski definition) is 2. The Morgan fingerprint density at radius 1 is 1.38 bits per heavy atom. The summed E-state index contributed by atoms with van der Waals surface area (Å²) in [6, 6.07) is 8.39. The maximum Gasteiger partial charge on any atom is 0.263 e. The van der Waals surface area contributed by atoms with E-state index in [0.717, 1.165) is 4.88 Å². The fourth-order valence-electron chi connectivity index (χ4n) is 1.71. The highest BCUT2D eigenvalue weighted by Gasteiger charge is 2.21. The number of sulfonamides is 1. The van der Waals surface area contributed by atoms with Gasteiger partial charge in [-0.3, -0.25) is 4.72 Å². The van der Waals surface area contributed by atoms with Crippen LogP contribution in [0, 0.1) is 0 Å². The summed E-state index contributed by atoms with van der Waals surface area (Å²) < 4.78 is 33.2. The smallest absolute Gasteiger partial charge is 0.263 e. The molecule has 1 aromatic heterocycles. The average Bonchev–Trinajstić information content (AvgIpc) is 2.81. The van der Waals surface area contributed by atoms with Gasteiger partial charge in [-0.25, -0.2) is 8.42 Å². The molecule has 0 saturated carbocycles. The summed E-state index contributed by atoms with van der Waals surface area (Å²) in [5.74, 6) is 0.615. The molecule has 2 rings (SSSR count). The van der Waals surface area contributed by atoms with E-state index in [1.165, 1.54) is 11.3 Å². The van der Waals surface area contributed by atoms with Crippen LogP contribution in [0.25, 0.3) is 0 Å². The number of nitrogens with two attached hydrogens (primary N) is 1. The Kier molecular flexibility index (Phi) is 5.26. The molecule has 0 aliphatic rings. The summed E-state index contributed by atoms with van der Waals surface area (Å²) >= 11 is 4.58. The van der Waals surface area contributed by atoms with Crippen LogP contribution in [0.2, 0.25) is 0 Å². The van der Waals surface area contributed by atoms with Crippen molar-refractivity contribution in [3.05, 3.63) is 39.0 Å². The topological polar surface area (TPSA) is 81.4 Å². The summed E-state index contributed by atoms with van der Waals surface area (Å²) in [6.07, 6.45) is 0. The molecule has 0 spiro atoms. The number of hydrogen-bond acceptors (Lipinski definition) is 5. The summed E-state index contributed by atoms with van der Waals surface area (Å²) in [6.45, 7) is 2.69. The molecule has 0 unspecified atom stereocenters. The zero-order valence-electron chi connectivity index (χ0n) is 11.3. The van der Waals surface area contributed by atoms with Crippen molar-refractivity contribution in [2.24, 2.45) is 5.73 Å². The molecule has 0 radical (unpaired) electrons. The molecule has 3 N–H and O–H groups in total. The highest BCUT2D eigenvalue weighted by molar-refractivity contribution is 9.11. The minimum atomic E-state index is -3.66. The molecule has 21 heavy (non-hydrogen) atoms. The van der Waals surface area contributed by atoms with Gasteiger partial charge >= 0.3 is 0 Å². The van der Waals surface area contributed by atoms with Gasteiger partial charge < -0.3 is 10.5 Å². The molecule has 0 bridgehead atoms. The molecule has 1 heterocycles. The van der Waals surface area contributed by atoms with Crippen molar-refractivity contribution in [3.63, 3.8) is 0 Å². The SMILES string of the molecule is CCOc1cccc(NS(=O)(=O)c2cc(CN)sc2Br)c1. The van der Waals surface area contributed by atoms with E-state index in [2.05, 4.69) is 20.7 Å². The summed E-state index contributed by atoms with van der Waals surface area (Å²) in [5, 5.41) is 0. The predicted molar refractivity (Wildman–Crippen MR) is 88.3 cm³/mol. The van der Waals surface area contributed by atoms with Crippen molar-refractivity contribution in [2.45, 2.75) is 18.4 Å². The zero-order chi connectivity index (χ0) is 15.5. The lowest BCUT2D eigenvalue weighted by molar-refractivity contribution is 0.340. The van der Waals surface area contributed by atoms with Crippen molar-refractivity contribution in [2.75, 3.05) is 11.3 Å². The highest BCUT2D eigenvalue weighted by atomic mass is 79.9. The lowest BCUT2D eigenvalue weighted by Crippen LogP contribution is -2.12. The third-order valence-electron chi connectivity index (χ3n) is 2.59. The van der Waals surface area contributed by atoms with Crippen molar-refractivity contribution in [3.8, 4) is 5.75 Å². The molecule has 0 amide bonds. The third-order valence-corrected chi connectivity index (χ3v) is 6.25. The van der Waals surface area contributed by atoms with E-state index < -0.39 is 10.0 Å². The van der Waals surface area contributed by atoms with Crippen molar-refractivity contribution >= 4 is 43.0 Å². The number of thiophene rings is 1. The predicted octanol–water partition coefficient (Wildman–Crippen LogP) is 3.17. The molecule has 0 atom stereocenters. The van der Waals surface area contributed by atoms with E-state index in [9.17, 15) is 8.42 Å². The first-order valence-corrected chi connectivity index (χ1v) is 9.29. The standard InChI is InChI=1S/C13H15BrN2O3S2/c1-2-19-10-5-3-4-9(6-10)16-21(17,18)12-7-11(8-15)20-13(12)14/h3-7,16H,2,8,15H2,1H3. The quantitative estimate of drug-likeness (QED) is 0.793. The van der Waals surface area contributed by atoms with Crippen LogP contribution in [0.5, 0.6) is 5.75 Å². The van der Waals surface area contributed by atoms with Crippen LogP contribution in [0.15, 0.2) is 39.0 Å². The number of nitrogens with one attached hydrogen (secondary N) is 1. The summed E-state index contributed by atoms with van der Waals surface area (Å²) in [5.41, 5.74) is 5.99. The molecule has 0 aliphatic carbocycles. The van der Waals surface area contributed by atoms with E-state index in [-0.39, 0.29) is 4.90 Å². The van der Waals surface area contributed by atoms with Gasteiger partial charge in [0.15, 0.2) is 0 Å². The van der Waals surface area contributed by atoms with Crippen LogP contribution in [-0.4, -0.2) is 15.0 Å². The summed E-state index contributed by atoms with van der Waals surface area (Å²) in [4.78, 5) is 0.986. The Labute approximate surface area is 136 Å². The fraction of sp³-hybridized carbons (Fsp3) is 0.231. The Hall–Kier alpha value is -1.09. The van der Waals surface area contributed by atoms with E-state index >= 15 is 0 Å². The van der Waals surface area contributed by atoms with E-state index in [4.69, 9.17) is 10.5 Å². The summed E-state index contributed by atoms with van der Waals surface area (Å²) in [7, 11) is -3.66. The molecule has 8 heteroatoms. The molecular weight excluding hydrogens is 376 g/mol. The fourth-order valence-corrected chi connectivity index (χ4v) is 5.32. The van der Waals surface area contributed by atoms with Crippen LogP contribution in [0.4, 0.5) is 5.69 Å². The molecule has 1 aromatic carbocycles. The first-order chi connectivity index (χ1) is 9.96. The third kappa shape index (κ3) is 3.97. The van der Waals surface area contributed by atoms with Crippen molar-refractivity contribution in [1.29, 1.82) is 0 Å². The van der Waals surface area contributed by atoms with Crippen LogP contribution >= 0.6 is 27.3 Å². The number of anilines is 1. The van der Waals surface area contributed by atoms with Gasteiger partial charge in [0.2, 0.25) is 0 Å². The van der Waals surface area contributed by atoms with E-state index in [1.807, 2.05) is 6.92 Å². The lowest BCUT2D eigenvalue weighted by atomic mass is 10.3. The van der Waals surface area contributed by atoms with Crippen LogP contribution < -0.4 is 15.2 Å². The number of ether oxygens (including phenoxy) is 1. The lowest BCUT2D eigenvalue weighted by Gasteiger charge is -2.09. The molecular formula is C13H15BrN2O3S2. The number of rotatable bonds is 6. The Morgan fingerprint density at radius 3 is 2.76 bits per heavy atom. The van der Waals surface area contributed by atoms with Crippen molar-refractivity contribution < 1.29 is 13.2 Å². The number of halogens is 1. The molecule has 2 aromatic rings. The Morgan fingerprint density at radius 2 is 2.14 bits per heavy atom. The van der Waals surface area contributed by atoms with Gasteiger partial charge in [-0.15, -0.1) is 11.3 Å². The molecule has 0 fully saturated rings. The largest absolute Gasteiger partial charge is 0.494 e. The molecule has 0 saturated heterocycles. The second kappa shape index (κ2) is 6.78. The first kappa shape index (κ1) is 16.3. The van der Waals surface area contributed by atoms with Gasteiger partial charge in [0.1, 0.15) is 10.6 Å². The molecule has 114 valence electrons. The van der Waals surface area contributed by atoms with E-state index in [1.54, 1.807) is 30.3 Å². The van der Waals surface area contributed by atoms with Gasteiger partial charge in [0.05, 0.1) is 16.1 Å². The average molecular weight is 391 g/mol. The zero-order valence-corrected chi connectivity index (χ0v) is 14.5. The minimum absolute atomic E-state index is 0.190. The normalized spacial score (nSPS) is 11.4. The van der Waals surface area contributed by atoms with Crippen LogP contribution in [0.3, 0.4) is 0 Å². The van der Waals surface area contributed by atoms with Crippen molar-refractivity contribution in [1.82, 2.24) is 0 Å².